The number of hydrogen-bond acceptors (Lipinski definition) is 5. The molecule has 0 atom stereocenters. The van der Waals surface area contributed by atoms with E-state index in [4.69, 9.17) is 0 Å². The lowest BCUT2D eigenvalue weighted by Crippen LogP contribution is -2.46. The van der Waals surface area contributed by atoms with E-state index in [1.54, 1.807) is 12.1 Å². The number of piperazine rings is 2. The Morgan fingerprint density at radius 3 is 2.54 bits per heavy atom. The van der Waals surface area contributed by atoms with Gasteiger partial charge in [0.1, 0.15) is 5.82 Å². The number of anilines is 2. The van der Waals surface area contributed by atoms with E-state index in [0.717, 1.165) is 52.4 Å². The number of nitrogens with one attached hydrogen (secondary N) is 2. The zero-order valence-corrected chi connectivity index (χ0v) is 14.2. The second-order valence-corrected chi connectivity index (χ2v) is 6.53. The predicted molar refractivity (Wildman–Crippen MR) is 94.0 cm³/mol. The molecule has 2 fully saturated rings. The molecule has 24 heavy (non-hydrogen) atoms. The van der Waals surface area contributed by atoms with Crippen LogP contribution in [0.5, 0.6) is 0 Å². The molecule has 132 valence electrons. The summed E-state index contributed by atoms with van der Waals surface area (Å²) < 4.78 is 14.4. The maximum Gasteiger partial charge on any atom is 0.238 e. The SMILES string of the molecule is CN1CCN(c2ccc(NC(=O)CN3CCNCC3)cc2F)CC1. The Morgan fingerprint density at radius 2 is 1.88 bits per heavy atom. The Bertz CT molecular complexity index is 568. The number of carbonyl (C=O) groups excluding carboxylic acids is 1. The third kappa shape index (κ3) is 4.43. The minimum Gasteiger partial charge on any atom is -0.367 e. The van der Waals surface area contributed by atoms with Gasteiger partial charge in [-0.15, -0.1) is 0 Å². The van der Waals surface area contributed by atoms with E-state index in [1.807, 2.05) is 0 Å². The average Bonchev–Trinajstić information content (AvgIpc) is 2.57. The van der Waals surface area contributed by atoms with Gasteiger partial charge in [-0.2, -0.15) is 0 Å². The molecule has 2 aliphatic heterocycles. The third-order valence-corrected chi connectivity index (χ3v) is 4.65. The molecule has 0 bridgehead atoms. The van der Waals surface area contributed by atoms with Crippen LogP contribution in [0.1, 0.15) is 0 Å². The molecule has 0 aliphatic carbocycles. The number of hydrogen-bond donors (Lipinski definition) is 2. The normalized spacial score (nSPS) is 20.2. The topological polar surface area (TPSA) is 50.9 Å². The van der Waals surface area contributed by atoms with E-state index in [2.05, 4.69) is 32.4 Å². The van der Waals surface area contributed by atoms with Crippen LogP contribution in [-0.4, -0.2) is 81.7 Å². The van der Waals surface area contributed by atoms with Crippen molar-refractivity contribution in [1.29, 1.82) is 0 Å². The Hall–Kier alpha value is -1.70. The van der Waals surface area contributed by atoms with Gasteiger partial charge in [0.25, 0.3) is 0 Å². The maximum atomic E-state index is 14.4. The average molecular weight is 335 g/mol. The van der Waals surface area contributed by atoms with Gasteiger partial charge in [0, 0.05) is 58.0 Å². The predicted octanol–water partition coefficient (Wildman–Crippen LogP) is 0.421. The molecule has 0 radical (unpaired) electrons. The van der Waals surface area contributed by atoms with E-state index in [-0.39, 0.29) is 11.7 Å². The number of halogens is 1. The van der Waals surface area contributed by atoms with Crippen molar-refractivity contribution in [3.8, 4) is 0 Å². The van der Waals surface area contributed by atoms with Crippen LogP contribution in [0.25, 0.3) is 0 Å². The summed E-state index contributed by atoms with van der Waals surface area (Å²) in [7, 11) is 2.07. The highest BCUT2D eigenvalue weighted by Crippen LogP contribution is 2.24. The molecule has 0 unspecified atom stereocenters. The minimum atomic E-state index is -0.278. The Labute approximate surface area is 142 Å². The van der Waals surface area contributed by atoms with Gasteiger partial charge >= 0.3 is 0 Å². The molecule has 3 rings (SSSR count). The maximum absolute atomic E-state index is 14.4. The standard InChI is InChI=1S/C17H26FN5O/c1-21-8-10-23(11-9-21)16-3-2-14(12-15(16)18)20-17(24)13-22-6-4-19-5-7-22/h2-3,12,19H,4-11,13H2,1H3,(H,20,24). The summed E-state index contributed by atoms with van der Waals surface area (Å²) in [6.07, 6.45) is 0. The van der Waals surface area contributed by atoms with Crippen molar-refractivity contribution >= 4 is 17.3 Å². The van der Waals surface area contributed by atoms with Crippen molar-refractivity contribution in [2.45, 2.75) is 0 Å². The summed E-state index contributed by atoms with van der Waals surface area (Å²) in [5.41, 5.74) is 1.13. The molecule has 1 aromatic carbocycles. The van der Waals surface area contributed by atoms with Crippen molar-refractivity contribution in [1.82, 2.24) is 15.1 Å². The van der Waals surface area contributed by atoms with Crippen LogP contribution in [-0.2, 0) is 4.79 Å². The Kier molecular flexibility index (Phi) is 5.65. The van der Waals surface area contributed by atoms with Crippen molar-refractivity contribution in [3.63, 3.8) is 0 Å². The van der Waals surface area contributed by atoms with Crippen molar-refractivity contribution in [2.75, 3.05) is 76.2 Å². The lowest BCUT2D eigenvalue weighted by Gasteiger charge is -2.34. The molecule has 6 nitrogen and oxygen atoms in total. The summed E-state index contributed by atoms with van der Waals surface area (Å²) in [4.78, 5) is 18.5. The second kappa shape index (κ2) is 7.92. The number of benzene rings is 1. The molecule has 1 amide bonds. The molecule has 0 aromatic heterocycles. The summed E-state index contributed by atoms with van der Waals surface area (Å²) in [5.74, 6) is -0.372. The smallest absolute Gasteiger partial charge is 0.238 e. The van der Waals surface area contributed by atoms with Crippen LogP contribution in [0, 0.1) is 5.82 Å². The molecular weight excluding hydrogens is 309 g/mol. The zero-order chi connectivity index (χ0) is 16.9. The van der Waals surface area contributed by atoms with Crippen molar-refractivity contribution in [3.05, 3.63) is 24.0 Å². The lowest BCUT2D eigenvalue weighted by atomic mass is 10.2. The second-order valence-electron chi connectivity index (χ2n) is 6.53. The van der Waals surface area contributed by atoms with Crippen molar-refractivity contribution < 1.29 is 9.18 Å². The van der Waals surface area contributed by atoms with E-state index in [0.29, 0.717) is 17.9 Å². The Balaban J connectivity index is 1.56. The Morgan fingerprint density at radius 1 is 1.17 bits per heavy atom. The van der Waals surface area contributed by atoms with Gasteiger partial charge < -0.3 is 20.4 Å². The first-order chi connectivity index (χ1) is 11.6. The molecule has 2 N–H and O–H groups in total. The van der Waals surface area contributed by atoms with Crippen LogP contribution in [0.15, 0.2) is 18.2 Å². The largest absolute Gasteiger partial charge is 0.367 e. The third-order valence-electron chi connectivity index (χ3n) is 4.65. The summed E-state index contributed by atoms with van der Waals surface area (Å²) in [6, 6.07) is 4.97. The van der Waals surface area contributed by atoms with Crippen LogP contribution >= 0.6 is 0 Å². The zero-order valence-electron chi connectivity index (χ0n) is 14.2. The number of carbonyl (C=O) groups is 1. The minimum absolute atomic E-state index is 0.0938. The van der Waals surface area contributed by atoms with Crippen LogP contribution in [0.3, 0.4) is 0 Å². The van der Waals surface area contributed by atoms with E-state index >= 15 is 0 Å². The van der Waals surface area contributed by atoms with Crippen LogP contribution in [0.4, 0.5) is 15.8 Å². The fourth-order valence-electron chi connectivity index (χ4n) is 3.16. The van der Waals surface area contributed by atoms with E-state index < -0.39 is 0 Å². The van der Waals surface area contributed by atoms with Gasteiger partial charge in [0.05, 0.1) is 12.2 Å². The summed E-state index contributed by atoms with van der Waals surface area (Å²) >= 11 is 0. The number of likely N-dealkylation sites (N-methyl/N-ethyl adjacent to an activating group) is 1. The van der Waals surface area contributed by atoms with Crippen molar-refractivity contribution in [2.24, 2.45) is 0 Å². The molecule has 2 heterocycles. The number of rotatable bonds is 4. The monoisotopic (exact) mass is 335 g/mol. The highest BCUT2D eigenvalue weighted by molar-refractivity contribution is 5.92. The van der Waals surface area contributed by atoms with Gasteiger partial charge in [0.15, 0.2) is 0 Å². The van der Waals surface area contributed by atoms with Gasteiger partial charge in [-0.3, -0.25) is 9.69 Å². The fourth-order valence-corrected chi connectivity index (χ4v) is 3.16. The molecule has 0 saturated carbocycles. The van der Waals surface area contributed by atoms with Gasteiger partial charge in [-0.25, -0.2) is 4.39 Å². The van der Waals surface area contributed by atoms with Gasteiger partial charge in [-0.05, 0) is 25.2 Å². The number of amides is 1. The quantitative estimate of drug-likeness (QED) is 0.835. The summed E-state index contributed by atoms with van der Waals surface area (Å²) in [6.45, 7) is 7.40. The highest BCUT2D eigenvalue weighted by Gasteiger charge is 2.18. The molecule has 2 saturated heterocycles. The van der Waals surface area contributed by atoms with E-state index in [9.17, 15) is 9.18 Å². The number of nitrogens with zero attached hydrogens (tertiary/aromatic N) is 3. The molecule has 1 aromatic rings. The lowest BCUT2D eigenvalue weighted by molar-refractivity contribution is -0.117. The van der Waals surface area contributed by atoms with Crippen LogP contribution in [0.2, 0.25) is 0 Å². The first-order valence-corrected chi connectivity index (χ1v) is 8.58. The summed E-state index contributed by atoms with van der Waals surface area (Å²) in [5, 5.41) is 6.05. The molecule has 0 spiro atoms. The highest BCUT2D eigenvalue weighted by atomic mass is 19.1. The first-order valence-electron chi connectivity index (χ1n) is 8.58. The molecule has 7 heteroatoms. The molecular formula is C17H26FN5O. The molecule has 2 aliphatic rings. The van der Waals surface area contributed by atoms with Gasteiger partial charge in [0.2, 0.25) is 5.91 Å². The van der Waals surface area contributed by atoms with E-state index in [1.165, 1.54) is 6.07 Å². The first kappa shape index (κ1) is 17.1. The van der Waals surface area contributed by atoms with Gasteiger partial charge in [-0.1, -0.05) is 0 Å². The van der Waals surface area contributed by atoms with Crippen LogP contribution < -0.4 is 15.5 Å². The fraction of sp³-hybridized carbons (Fsp3) is 0.588.